The second kappa shape index (κ2) is 4.61. The highest BCUT2D eigenvalue weighted by atomic mass is 16.2. The van der Waals surface area contributed by atoms with E-state index in [0.29, 0.717) is 5.56 Å². The fourth-order valence-corrected chi connectivity index (χ4v) is 2.17. The Morgan fingerprint density at radius 3 is 2.81 bits per heavy atom. The number of carbonyl (C=O) groups excluding carboxylic acids is 1. The zero-order chi connectivity index (χ0) is 11.5. The quantitative estimate of drug-likeness (QED) is 0.767. The Labute approximate surface area is 95.5 Å². The molecule has 1 aromatic heterocycles. The fourth-order valence-electron chi connectivity index (χ4n) is 2.17. The van der Waals surface area contributed by atoms with Crippen LogP contribution in [-0.2, 0) is 0 Å². The second-order valence-corrected chi connectivity index (χ2v) is 4.37. The summed E-state index contributed by atoms with van der Waals surface area (Å²) in [5.74, 6) is 0.0850. The maximum atomic E-state index is 12.2. The molecule has 2 unspecified atom stereocenters. The summed E-state index contributed by atoms with van der Waals surface area (Å²) in [5.41, 5.74) is 6.58. The van der Waals surface area contributed by atoms with Gasteiger partial charge in [-0.3, -0.25) is 9.78 Å². The van der Waals surface area contributed by atoms with Gasteiger partial charge in [0.05, 0.1) is 0 Å². The molecule has 2 atom stereocenters. The number of carbonyl (C=O) groups is 1. The van der Waals surface area contributed by atoms with Crippen LogP contribution < -0.4 is 5.73 Å². The van der Waals surface area contributed by atoms with Gasteiger partial charge in [0, 0.05) is 36.6 Å². The van der Waals surface area contributed by atoms with E-state index in [9.17, 15) is 4.79 Å². The molecule has 0 spiro atoms. The van der Waals surface area contributed by atoms with Crippen LogP contribution in [0.5, 0.6) is 0 Å². The first-order valence-electron chi connectivity index (χ1n) is 5.65. The van der Waals surface area contributed by atoms with E-state index >= 15 is 0 Å². The van der Waals surface area contributed by atoms with E-state index < -0.39 is 0 Å². The van der Waals surface area contributed by atoms with Crippen LogP contribution in [0.1, 0.15) is 30.1 Å². The normalized spacial score (nSPS) is 25.5. The van der Waals surface area contributed by atoms with Crippen molar-refractivity contribution in [2.45, 2.75) is 31.8 Å². The molecular weight excluding hydrogens is 202 g/mol. The van der Waals surface area contributed by atoms with Gasteiger partial charge in [0.15, 0.2) is 0 Å². The van der Waals surface area contributed by atoms with Crippen LogP contribution in [0.3, 0.4) is 0 Å². The van der Waals surface area contributed by atoms with Crippen LogP contribution in [0.2, 0.25) is 0 Å². The monoisotopic (exact) mass is 219 g/mol. The average Bonchev–Trinajstić information content (AvgIpc) is 2.29. The van der Waals surface area contributed by atoms with Gasteiger partial charge in [0.2, 0.25) is 0 Å². The Kier molecular flexibility index (Phi) is 3.19. The van der Waals surface area contributed by atoms with Crippen LogP contribution in [-0.4, -0.2) is 34.4 Å². The van der Waals surface area contributed by atoms with Gasteiger partial charge in [-0.1, -0.05) is 0 Å². The molecule has 0 saturated carbocycles. The summed E-state index contributed by atoms with van der Waals surface area (Å²) in [4.78, 5) is 18.0. The summed E-state index contributed by atoms with van der Waals surface area (Å²) < 4.78 is 0. The molecule has 1 aliphatic heterocycles. The molecule has 1 saturated heterocycles. The largest absolute Gasteiger partial charge is 0.336 e. The Morgan fingerprint density at radius 1 is 1.50 bits per heavy atom. The topological polar surface area (TPSA) is 59.2 Å². The number of nitrogens with two attached hydrogens (primary N) is 1. The lowest BCUT2D eigenvalue weighted by atomic mass is 9.98. The Bertz CT molecular complexity index is 366. The number of hydrogen-bond donors (Lipinski definition) is 1. The molecule has 0 aromatic carbocycles. The van der Waals surface area contributed by atoms with E-state index in [0.717, 1.165) is 19.4 Å². The Morgan fingerprint density at radius 2 is 2.19 bits per heavy atom. The molecule has 1 amide bonds. The van der Waals surface area contributed by atoms with Crippen molar-refractivity contribution < 1.29 is 4.79 Å². The van der Waals surface area contributed by atoms with Crippen molar-refractivity contribution in [3.05, 3.63) is 30.1 Å². The lowest BCUT2D eigenvalue weighted by Gasteiger charge is -2.36. The Hall–Kier alpha value is -1.42. The first-order valence-corrected chi connectivity index (χ1v) is 5.65. The third-order valence-electron chi connectivity index (χ3n) is 3.10. The van der Waals surface area contributed by atoms with E-state index in [1.165, 1.54) is 0 Å². The standard InChI is InChI=1S/C12H17N3O/c1-9-8-11(13)4-7-15(9)12(16)10-2-5-14-6-3-10/h2-3,5-6,9,11H,4,7-8,13H2,1H3. The van der Waals surface area contributed by atoms with Crippen LogP contribution in [0, 0.1) is 0 Å². The molecule has 1 fully saturated rings. The van der Waals surface area contributed by atoms with Gasteiger partial charge >= 0.3 is 0 Å². The number of aromatic nitrogens is 1. The van der Waals surface area contributed by atoms with Crippen molar-refractivity contribution >= 4 is 5.91 Å². The summed E-state index contributed by atoms with van der Waals surface area (Å²) in [6.45, 7) is 2.81. The molecule has 2 heterocycles. The molecule has 2 N–H and O–H groups in total. The van der Waals surface area contributed by atoms with Gasteiger partial charge in [-0.2, -0.15) is 0 Å². The third-order valence-corrected chi connectivity index (χ3v) is 3.10. The molecule has 16 heavy (non-hydrogen) atoms. The van der Waals surface area contributed by atoms with Gasteiger partial charge in [0.1, 0.15) is 0 Å². The molecule has 0 bridgehead atoms. The maximum absolute atomic E-state index is 12.2. The van der Waals surface area contributed by atoms with Crippen LogP contribution in [0.4, 0.5) is 0 Å². The highest BCUT2D eigenvalue weighted by molar-refractivity contribution is 5.94. The van der Waals surface area contributed by atoms with Crippen molar-refractivity contribution in [1.82, 2.24) is 9.88 Å². The lowest BCUT2D eigenvalue weighted by molar-refractivity contribution is 0.0619. The number of rotatable bonds is 1. The summed E-state index contributed by atoms with van der Waals surface area (Å²) in [5, 5.41) is 0. The van der Waals surface area contributed by atoms with Crippen LogP contribution >= 0.6 is 0 Å². The fraction of sp³-hybridized carbons (Fsp3) is 0.500. The number of pyridine rings is 1. The number of hydrogen-bond acceptors (Lipinski definition) is 3. The zero-order valence-corrected chi connectivity index (χ0v) is 9.47. The van der Waals surface area contributed by atoms with E-state index in [1.807, 2.05) is 4.90 Å². The summed E-state index contributed by atoms with van der Waals surface area (Å²) in [6.07, 6.45) is 5.07. The average molecular weight is 219 g/mol. The second-order valence-electron chi connectivity index (χ2n) is 4.37. The maximum Gasteiger partial charge on any atom is 0.254 e. The van der Waals surface area contributed by atoms with Crippen molar-refractivity contribution in [3.63, 3.8) is 0 Å². The summed E-state index contributed by atoms with van der Waals surface area (Å²) in [7, 11) is 0. The SMILES string of the molecule is CC1CC(N)CCN1C(=O)c1ccncc1. The van der Waals surface area contributed by atoms with E-state index in [-0.39, 0.29) is 18.0 Å². The molecule has 4 nitrogen and oxygen atoms in total. The predicted octanol–water partition coefficient (Wildman–Crippen LogP) is 1.03. The van der Waals surface area contributed by atoms with Crippen LogP contribution in [0.15, 0.2) is 24.5 Å². The molecule has 0 aliphatic carbocycles. The van der Waals surface area contributed by atoms with Gasteiger partial charge in [-0.25, -0.2) is 0 Å². The minimum absolute atomic E-state index is 0.0850. The smallest absolute Gasteiger partial charge is 0.254 e. The Balaban J connectivity index is 2.11. The first-order chi connectivity index (χ1) is 7.68. The van der Waals surface area contributed by atoms with E-state index in [2.05, 4.69) is 11.9 Å². The van der Waals surface area contributed by atoms with Crippen LogP contribution in [0.25, 0.3) is 0 Å². The summed E-state index contributed by atoms with van der Waals surface area (Å²) in [6, 6.07) is 3.97. The predicted molar refractivity (Wildman–Crippen MR) is 61.9 cm³/mol. The van der Waals surface area contributed by atoms with Crippen molar-refractivity contribution in [3.8, 4) is 0 Å². The highest BCUT2D eigenvalue weighted by Gasteiger charge is 2.27. The summed E-state index contributed by atoms with van der Waals surface area (Å²) >= 11 is 0. The number of amides is 1. The third kappa shape index (κ3) is 2.22. The molecular formula is C12H17N3O. The van der Waals surface area contributed by atoms with Gasteiger partial charge in [0.25, 0.3) is 5.91 Å². The van der Waals surface area contributed by atoms with Crippen molar-refractivity contribution in [2.75, 3.05) is 6.54 Å². The lowest BCUT2D eigenvalue weighted by Crippen LogP contribution is -2.48. The van der Waals surface area contributed by atoms with E-state index in [1.54, 1.807) is 24.5 Å². The van der Waals surface area contributed by atoms with E-state index in [4.69, 9.17) is 5.73 Å². The van der Waals surface area contributed by atoms with Gasteiger partial charge in [-0.05, 0) is 31.9 Å². The number of nitrogens with zero attached hydrogens (tertiary/aromatic N) is 2. The molecule has 0 radical (unpaired) electrons. The minimum atomic E-state index is 0.0850. The van der Waals surface area contributed by atoms with Gasteiger partial charge < -0.3 is 10.6 Å². The minimum Gasteiger partial charge on any atom is -0.336 e. The molecule has 4 heteroatoms. The molecule has 1 aromatic rings. The van der Waals surface area contributed by atoms with Gasteiger partial charge in [-0.15, -0.1) is 0 Å². The number of piperidine rings is 1. The van der Waals surface area contributed by atoms with Crippen molar-refractivity contribution in [1.29, 1.82) is 0 Å². The zero-order valence-electron chi connectivity index (χ0n) is 9.47. The molecule has 86 valence electrons. The first kappa shape index (κ1) is 11.1. The van der Waals surface area contributed by atoms with Crippen molar-refractivity contribution in [2.24, 2.45) is 5.73 Å². The highest BCUT2D eigenvalue weighted by Crippen LogP contribution is 2.18. The number of likely N-dealkylation sites (tertiary alicyclic amines) is 1. The molecule has 1 aliphatic rings. The molecule has 2 rings (SSSR count).